The lowest BCUT2D eigenvalue weighted by Crippen LogP contribution is -2.49. The highest BCUT2D eigenvalue weighted by atomic mass is 16.8. The summed E-state index contributed by atoms with van der Waals surface area (Å²) in [5, 5.41) is 15.1. The Hall–Kier alpha value is -2.42. The smallest absolute Gasteiger partial charge is 0.242 e. The Balaban J connectivity index is 2.13. The number of para-hydroxylation sites is 1. The van der Waals surface area contributed by atoms with Crippen molar-refractivity contribution in [3.8, 4) is 0 Å². The van der Waals surface area contributed by atoms with Crippen molar-refractivity contribution < 1.29 is 19.6 Å². The summed E-state index contributed by atoms with van der Waals surface area (Å²) >= 11 is 0. The summed E-state index contributed by atoms with van der Waals surface area (Å²) in [4.78, 5) is 33.2. The maximum atomic E-state index is 12.9. The third kappa shape index (κ3) is 6.05. The van der Waals surface area contributed by atoms with E-state index in [1.54, 1.807) is 12.7 Å². The van der Waals surface area contributed by atoms with E-state index < -0.39 is 6.04 Å². The molecule has 0 saturated carbocycles. The predicted octanol–water partition coefficient (Wildman–Crippen LogP) is 1.90. The fourth-order valence-electron chi connectivity index (χ4n) is 3.37. The summed E-state index contributed by atoms with van der Waals surface area (Å²) in [7, 11) is 1.56. The second-order valence-electron chi connectivity index (χ2n) is 7.29. The third-order valence-electron chi connectivity index (χ3n) is 4.74. The SMILES string of the molecule is CNC(=O)C(Cc1c[nH]c2ccccc12)NC(=O)C(CCONO)CC(C)C. The van der Waals surface area contributed by atoms with E-state index in [9.17, 15) is 9.59 Å². The van der Waals surface area contributed by atoms with Gasteiger partial charge in [-0.1, -0.05) is 37.7 Å². The van der Waals surface area contributed by atoms with Crippen LogP contribution < -0.4 is 16.3 Å². The lowest BCUT2D eigenvalue weighted by Gasteiger charge is -2.23. The number of benzene rings is 1. The Morgan fingerprint density at radius 1 is 1.21 bits per heavy atom. The molecular weight excluding hydrogens is 360 g/mol. The molecule has 2 unspecified atom stereocenters. The number of H-pyrrole nitrogens is 1. The molecule has 8 nitrogen and oxygen atoms in total. The zero-order chi connectivity index (χ0) is 20.5. The van der Waals surface area contributed by atoms with Crippen LogP contribution in [0.25, 0.3) is 10.9 Å². The quantitative estimate of drug-likeness (QED) is 0.297. The minimum absolute atomic E-state index is 0.189. The normalized spacial score (nSPS) is 13.5. The van der Waals surface area contributed by atoms with Crippen molar-refractivity contribution in [3.05, 3.63) is 36.0 Å². The van der Waals surface area contributed by atoms with Gasteiger partial charge in [0, 0.05) is 36.5 Å². The van der Waals surface area contributed by atoms with Gasteiger partial charge in [0.25, 0.3) is 0 Å². The van der Waals surface area contributed by atoms with E-state index in [0.717, 1.165) is 16.5 Å². The molecule has 0 aliphatic heterocycles. The number of hydrogen-bond acceptors (Lipinski definition) is 5. The van der Waals surface area contributed by atoms with Crippen molar-refractivity contribution in [2.75, 3.05) is 13.7 Å². The van der Waals surface area contributed by atoms with Gasteiger partial charge in [-0.15, -0.1) is 0 Å². The fraction of sp³-hybridized carbons (Fsp3) is 0.500. The predicted molar refractivity (Wildman–Crippen MR) is 106 cm³/mol. The molecule has 154 valence electrons. The summed E-state index contributed by atoms with van der Waals surface area (Å²) in [6, 6.07) is 7.18. The summed E-state index contributed by atoms with van der Waals surface area (Å²) < 4.78 is 0. The van der Waals surface area contributed by atoms with Crippen LogP contribution in [0.15, 0.2) is 30.5 Å². The van der Waals surface area contributed by atoms with Gasteiger partial charge in [0.1, 0.15) is 6.04 Å². The van der Waals surface area contributed by atoms with Crippen molar-refractivity contribution in [1.82, 2.24) is 21.3 Å². The average molecular weight is 390 g/mol. The van der Waals surface area contributed by atoms with Crippen LogP contribution in [0.1, 0.15) is 32.3 Å². The largest absolute Gasteiger partial charge is 0.361 e. The first-order chi connectivity index (χ1) is 13.5. The molecule has 0 radical (unpaired) electrons. The Bertz CT molecular complexity index is 774. The Morgan fingerprint density at radius 2 is 1.96 bits per heavy atom. The van der Waals surface area contributed by atoms with Crippen LogP contribution in [-0.2, 0) is 20.8 Å². The summed E-state index contributed by atoms with van der Waals surface area (Å²) in [6.07, 6.45) is 3.36. The van der Waals surface area contributed by atoms with Crippen LogP contribution in [-0.4, -0.2) is 41.7 Å². The van der Waals surface area contributed by atoms with E-state index in [0.29, 0.717) is 25.2 Å². The van der Waals surface area contributed by atoms with Crippen LogP contribution in [0.2, 0.25) is 0 Å². The molecular formula is C20H30N4O4. The molecule has 1 aromatic heterocycles. The lowest BCUT2D eigenvalue weighted by atomic mass is 9.93. The van der Waals surface area contributed by atoms with Crippen LogP contribution in [0, 0.1) is 11.8 Å². The average Bonchev–Trinajstić information content (AvgIpc) is 3.09. The fourth-order valence-corrected chi connectivity index (χ4v) is 3.37. The molecule has 28 heavy (non-hydrogen) atoms. The molecule has 5 N–H and O–H groups in total. The first-order valence-corrected chi connectivity index (χ1v) is 9.54. The highest BCUT2D eigenvalue weighted by molar-refractivity contribution is 5.90. The topological polar surface area (TPSA) is 115 Å². The first-order valence-electron chi connectivity index (χ1n) is 9.54. The number of rotatable bonds is 11. The second kappa shape index (κ2) is 10.8. The van der Waals surface area contributed by atoms with Gasteiger partial charge >= 0.3 is 0 Å². The van der Waals surface area contributed by atoms with Crippen molar-refractivity contribution >= 4 is 22.7 Å². The summed E-state index contributed by atoms with van der Waals surface area (Å²) in [5.74, 6) is -0.438. The van der Waals surface area contributed by atoms with Crippen LogP contribution in [0.5, 0.6) is 0 Å². The monoisotopic (exact) mass is 390 g/mol. The number of aromatic amines is 1. The molecule has 2 aromatic rings. The van der Waals surface area contributed by atoms with Crippen LogP contribution in [0.4, 0.5) is 0 Å². The molecule has 2 rings (SSSR count). The van der Waals surface area contributed by atoms with Gasteiger partial charge in [-0.25, -0.2) is 0 Å². The molecule has 0 aliphatic rings. The molecule has 1 heterocycles. The number of hydrogen-bond donors (Lipinski definition) is 5. The number of nitrogens with one attached hydrogen (secondary N) is 4. The van der Waals surface area contributed by atoms with Crippen molar-refractivity contribution in [2.45, 2.75) is 39.2 Å². The zero-order valence-corrected chi connectivity index (χ0v) is 16.6. The molecule has 1 aromatic carbocycles. The van der Waals surface area contributed by atoms with Crippen LogP contribution in [0.3, 0.4) is 0 Å². The number of amides is 2. The Morgan fingerprint density at radius 3 is 2.64 bits per heavy atom. The minimum Gasteiger partial charge on any atom is -0.361 e. The van der Waals surface area contributed by atoms with Gasteiger partial charge in [0.15, 0.2) is 0 Å². The van der Waals surface area contributed by atoms with E-state index in [4.69, 9.17) is 10.0 Å². The van der Waals surface area contributed by atoms with E-state index in [1.807, 2.05) is 44.3 Å². The molecule has 0 aliphatic carbocycles. The van der Waals surface area contributed by atoms with Crippen molar-refractivity contribution in [3.63, 3.8) is 0 Å². The number of fused-ring (bicyclic) bond motifs is 1. The zero-order valence-electron chi connectivity index (χ0n) is 16.6. The van der Waals surface area contributed by atoms with Crippen molar-refractivity contribution in [2.24, 2.45) is 11.8 Å². The molecule has 0 fully saturated rings. The molecule has 0 spiro atoms. The standard InChI is InChI=1S/C20H30N4O4/c1-13(2)10-14(8-9-28-24-27)19(25)23-18(20(26)21-3)11-15-12-22-17-7-5-4-6-16(15)17/h4-7,12-14,18,22,24,27H,8-11H2,1-3H3,(H,21,26)(H,23,25). The number of likely N-dealkylation sites (N-methyl/N-ethyl adjacent to an activating group) is 1. The van der Waals surface area contributed by atoms with Gasteiger partial charge in [-0.3, -0.25) is 19.6 Å². The highest BCUT2D eigenvalue weighted by Crippen LogP contribution is 2.20. The first kappa shape index (κ1) is 21.9. The number of carbonyl (C=O) groups is 2. The van der Waals surface area contributed by atoms with Gasteiger partial charge < -0.3 is 15.6 Å². The van der Waals surface area contributed by atoms with Crippen molar-refractivity contribution in [1.29, 1.82) is 0 Å². The summed E-state index contributed by atoms with van der Waals surface area (Å²) in [5.41, 5.74) is 3.59. The molecule has 0 bridgehead atoms. The van der Waals surface area contributed by atoms with E-state index in [2.05, 4.69) is 15.6 Å². The second-order valence-corrected chi connectivity index (χ2v) is 7.29. The van der Waals surface area contributed by atoms with Gasteiger partial charge in [-0.05, 0) is 30.4 Å². The number of carbonyl (C=O) groups excluding carboxylic acids is 2. The molecule has 0 saturated heterocycles. The lowest BCUT2D eigenvalue weighted by molar-refractivity contribution is -0.138. The maximum absolute atomic E-state index is 12.9. The third-order valence-corrected chi connectivity index (χ3v) is 4.74. The Kier molecular flexibility index (Phi) is 8.43. The summed E-state index contributed by atoms with van der Waals surface area (Å²) in [6.45, 7) is 4.26. The number of aromatic nitrogens is 1. The maximum Gasteiger partial charge on any atom is 0.242 e. The van der Waals surface area contributed by atoms with E-state index in [1.165, 1.54) is 0 Å². The molecule has 2 amide bonds. The van der Waals surface area contributed by atoms with E-state index in [-0.39, 0.29) is 24.3 Å². The van der Waals surface area contributed by atoms with Gasteiger partial charge in [-0.2, -0.15) is 0 Å². The van der Waals surface area contributed by atoms with Gasteiger partial charge in [0.05, 0.1) is 6.61 Å². The van der Waals surface area contributed by atoms with Gasteiger partial charge in [0.2, 0.25) is 11.8 Å². The minimum atomic E-state index is -0.678. The highest BCUT2D eigenvalue weighted by Gasteiger charge is 2.26. The Labute approximate surface area is 164 Å². The van der Waals surface area contributed by atoms with E-state index >= 15 is 0 Å². The molecule has 8 heteroatoms. The van der Waals surface area contributed by atoms with Crippen LogP contribution >= 0.6 is 0 Å². The molecule has 2 atom stereocenters.